The first kappa shape index (κ1) is 17.6. The van der Waals surface area contributed by atoms with Crippen LogP contribution in [0.2, 0.25) is 0 Å². The van der Waals surface area contributed by atoms with E-state index in [1.54, 1.807) is 7.11 Å². The van der Waals surface area contributed by atoms with Crippen LogP contribution in [0.15, 0.2) is 66.4 Å². The molecule has 4 heteroatoms. The number of methoxy groups -OCH3 is 1. The van der Waals surface area contributed by atoms with Crippen molar-refractivity contribution in [1.29, 1.82) is 0 Å². The van der Waals surface area contributed by atoms with E-state index in [4.69, 9.17) is 17.0 Å². The minimum Gasteiger partial charge on any atom is -0.497 e. The van der Waals surface area contributed by atoms with Crippen LogP contribution < -0.4 is 4.74 Å². The molecule has 0 saturated carbocycles. The Kier molecular flexibility index (Phi) is 5.32. The van der Waals surface area contributed by atoms with Gasteiger partial charge in [-0.2, -0.15) is 0 Å². The molecule has 2 aromatic rings. The van der Waals surface area contributed by atoms with E-state index in [2.05, 4.69) is 65.6 Å². The number of thioether (sulfide) groups is 1. The topological polar surface area (TPSA) is 12.5 Å². The van der Waals surface area contributed by atoms with Crippen LogP contribution in [0.4, 0.5) is 0 Å². The van der Waals surface area contributed by atoms with Crippen LogP contribution in [0.25, 0.3) is 0 Å². The molecule has 1 aliphatic carbocycles. The Morgan fingerprint density at radius 2 is 1.88 bits per heavy atom. The largest absolute Gasteiger partial charge is 0.497 e. The quantitative estimate of drug-likeness (QED) is 0.606. The summed E-state index contributed by atoms with van der Waals surface area (Å²) in [5.74, 6) is 1.43. The lowest BCUT2D eigenvalue weighted by molar-refractivity contribution is 0.370. The molecule has 2 aromatic carbocycles. The van der Waals surface area contributed by atoms with Gasteiger partial charge in [-0.1, -0.05) is 72.5 Å². The predicted octanol–water partition coefficient (Wildman–Crippen LogP) is 5.95. The van der Waals surface area contributed by atoms with Crippen molar-refractivity contribution >= 4 is 28.3 Å². The number of hydrogen-bond acceptors (Lipinski definition) is 3. The van der Waals surface area contributed by atoms with Crippen LogP contribution in [0.1, 0.15) is 35.6 Å². The maximum atomic E-state index is 5.84. The predicted molar refractivity (Wildman–Crippen MR) is 113 cm³/mol. The molecule has 2 aliphatic rings. The van der Waals surface area contributed by atoms with Crippen molar-refractivity contribution in [2.45, 2.75) is 31.1 Å². The highest BCUT2D eigenvalue weighted by Crippen LogP contribution is 2.51. The summed E-state index contributed by atoms with van der Waals surface area (Å²) in [7, 11) is 1.71. The zero-order chi connectivity index (χ0) is 17.9. The fraction of sp³-hybridized carbons (Fsp3) is 0.318. The van der Waals surface area contributed by atoms with Crippen molar-refractivity contribution in [2.24, 2.45) is 5.92 Å². The summed E-state index contributed by atoms with van der Waals surface area (Å²) in [6.45, 7) is 0.865. The zero-order valence-corrected chi connectivity index (χ0v) is 16.6. The van der Waals surface area contributed by atoms with Crippen molar-refractivity contribution in [3.05, 3.63) is 77.5 Å². The fourth-order valence-electron chi connectivity index (χ4n) is 3.88. The Hall–Kier alpha value is -1.78. The van der Waals surface area contributed by atoms with Crippen LogP contribution in [0, 0.1) is 5.92 Å². The van der Waals surface area contributed by atoms with Crippen molar-refractivity contribution < 1.29 is 4.74 Å². The number of thiocarbonyl (C=S) groups is 1. The molecular formula is C22H23NOS2. The second kappa shape index (κ2) is 7.85. The smallest absolute Gasteiger partial charge is 0.141 e. The molecule has 0 unspecified atom stereocenters. The van der Waals surface area contributed by atoms with Gasteiger partial charge in [0, 0.05) is 23.4 Å². The van der Waals surface area contributed by atoms with E-state index in [1.165, 1.54) is 29.7 Å². The summed E-state index contributed by atoms with van der Waals surface area (Å²) < 4.78 is 6.30. The molecule has 4 rings (SSSR count). The highest BCUT2D eigenvalue weighted by molar-refractivity contribution is 8.23. The SMILES string of the molecule is COc1ccc([C@H]2SC(=S)N(Cc3ccccc3)C3=CCCC[C@@H]32)cc1. The van der Waals surface area contributed by atoms with Crippen molar-refractivity contribution in [1.82, 2.24) is 4.90 Å². The first-order valence-electron chi connectivity index (χ1n) is 9.12. The molecule has 26 heavy (non-hydrogen) atoms. The molecule has 0 aromatic heterocycles. The molecule has 134 valence electrons. The highest BCUT2D eigenvalue weighted by atomic mass is 32.2. The Bertz CT molecular complexity index is 801. The summed E-state index contributed by atoms with van der Waals surface area (Å²) >= 11 is 7.69. The third kappa shape index (κ3) is 3.53. The Morgan fingerprint density at radius 3 is 2.62 bits per heavy atom. The van der Waals surface area contributed by atoms with Gasteiger partial charge in [-0.3, -0.25) is 0 Å². The van der Waals surface area contributed by atoms with E-state index in [9.17, 15) is 0 Å². The van der Waals surface area contributed by atoms with Crippen LogP contribution in [0.3, 0.4) is 0 Å². The second-order valence-electron chi connectivity index (χ2n) is 6.82. The van der Waals surface area contributed by atoms with E-state index < -0.39 is 0 Å². The molecule has 1 heterocycles. The summed E-state index contributed by atoms with van der Waals surface area (Å²) in [4.78, 5) is 2.36. The lowest BCUT2D eigenvalue weighted by atomic mass is 9.85. The normalized spacial score (nSPS) is 22.6. The fourth-order valence-corrected chi connectivity index (χ4v) is 5.61. The van der Waals surface area contributed by atoms with Gasteiger partial charge in [0.15, 0.2) is 0 Å². The zero-order valence-electron chi connectivity index (χ0n) is 14.9. The Labute approximate surface area is 165 Å². The van der Waals surface area contributed by atoms with Crippen molar-refractivity contribution in [3.8, 4) is 5.75 Å². The van der Waals surface area contributed by atoms with Crippen LogP contribution in [0.5, 0.6) is 5.75 Å². The van der Waals surface area contributed by atoms with Gasteiger partial charge in [-0.05, 0) is 42.5 Å². The number of benzene rings is 2. The van der Waals surface area contributed by atoms with Gasteiger partial charge in [0.05, 0.1) is 7.11 Å². The van der Waals surface area contributed by atoms with Gasteiger partial charge < -0.3 is 9.64 Å². The van der Waals surface area contributed by atoms with Crippen LogP contribution in [-0.4, -0.2) is 16.3 Å². The molecular weight excluding hydrogens is 358 g/mol. The lowest BCUT2D eigenvalue weighted by Crippen LogP contribution is -2.38. The summed E-state index contributed by atoms with van der Waals surface area (Å²) in [6.07, 6.45) is 6.05. The van der Waals surface area contributed by atoms with Gasteiger partial charge in [0.2, 0.25) is 0 Å². The van der Waals surface area contributed by atoms with Crippen LogP contribution in [-0.2, 0) is 6.54 Å². The molecule has 2 atom stereocenters. The third-order valence-electron chi connectivity index (χ3n) is 5.21. The molecule has 0 N–H and O–H groups in total. The average Bonchev–Trinajstić information content (AvgIpc) is 2.71. The van der Waals surface area contributed by atoms with E-state index in [-0.39, 0.29) is 0 Å². The van der Waals surface area contributed by atoms with Gasteiger partial charge in [0.1, 0.15) is 10.1 Å². The standard InChI is InChI=1S/C22H23NOS2/c1-24-18-13-11-17(12-14-18)21-19-9-5-6-10-20(19)23(22(25)26-21)15-16-7-3-2-4-8-16/h2-4,7-8,10-14,19,21H,5-6,9,15H2,1H3/t19-,21+/m0/s1. The van der Waals surface area contributed by atoms with Crippen LogP contribution >= 0.6 is 24.0 Å². The van der Waals surface area contributed by atoms with Gasteiger partial charge in [-0.25, -0.2) is 0 Å². The number of fused-ring (bicyclic) bond motifs is 1. The molecule has 0 radical (unpaired) electrons. The lowest BCUT2D eigenvalue weighted by Gasteiger charge is -2.44. The van der Waals surface area contributed by atoms with Crippen molar-refractivity contribution in [2.75, 3.05) is 7.11 Å². The average molecular weight is 382 g/mol. The van der Waals surface area contributed by atoms with Gasteiger partial charge in [0.25, 0.3) is 0 Å². The third-order valence-corrected chi connectivity index (χ3v) is 6.99. The van der Waals surface area contributed by atoms with Gasteiger partial charge in [-0.15, -0.1) is 0 Å². The molecule has 0 spiro atoms. The monoisotopic (exact) mass is 381 g/mol. The number of allylic oxidation sites excluding steroid dienone is 2. The van der Waals surface area contributed by atoms with E-state index in [0.29, 0.717) is 11.2 Å². The molecule has 0 amide bonds. The van der Waals surface area contributed by atoms with E-state index >= 15 is 0 Å². The summed E-state index contributed by atoms with van der Waals surface area (Å²) in [5.41, 5.74) is 4.07. The molecule has 1 aliphatic heterocycles. The minimum atomic E-state index is 0.395. The highest BCUT2D eigenvalue weighted by Gasteiger charge is 2.38. The maximum Gasteiger partial charge on any atom is 0.141 e. The number of rotatable bonds is 4. The van der Waals surface area contributed by atoms with Gasteiger partial charge >= 0.3 is 0 Å². The minimum absolute atomic E-state index is 0.395. The molecule has 0 bridgehead atoms. The molecule has 1 saturated heterocycles. The second-order valence-corrected chi connectivity index (χ2v) is 8.59. The summed E-state index contributed by atoms with van der Waals surface area (Å²) in [6, 6.07) is 19.1. The maximum absolute atomic E-state index is 5.84. The van der Waals surface area contributed by atoms with E-state index in [1.807, 2.05) is 11.8 Å². The Morgan fingerprint density at radius 1 is 1.12 bits per heavy atom. The number of nitrogens with zero attached hydrogens (tertiary/aromatic N) is 1. The summed E-state index contributed by atoms with van der Waals surface area (Å²) in [5, 5.41) is 0.395. The molecule has 2 nitrogen and oxygen atoms in total. The Balaban J connectivity index is 1.62. The van der Waals surface area contributed by atoms with E-state index in [0.717, 1.165) is 23.0 Å². The van der Waals surface area contributed by atoms with Crippen molar-refractivity contribution in [3.63, 3.8) is 0 Å². The number of ether oxygens (including phenoxy) is 1. The first-order chi connectivity index (χ1) is 12.8. The number of hydrogen-bond donors (Lipinski definition) is 0. The first-order valence-corrected chi connectivity index (χ1v) is 10.4. The molecule has 1 fully saturated rings.